The van der Waals surface area contributed by atoms with E-state index >= 15 is 0 Å². The minimum absolute atomic E-state index is 0.113. The highest BCUT2D eigenvalue weighted by Gasteiger charge is 2.15. The van der Waals surface area contributed by atoms with Crippen molar-refractivity contribution in [1.29, 1.82) is 0 Å². The second-order valence-electron chi connectivity index (χ2n) is 7.74. The van der Waals surface area contributed by atoms with Crippen LogP contribution in [-0.2, 0) is 22.6 Å². The summed E-state index contributed by atoms with van der Waals surface area (Å²) in [6.07, 6.45) is 0. The van der Waals surface area contributed by atoms with E-state index < -0.39 is 0 Å². The highest BCUT2D eigenvalue weighted by atomic mass is 35.5. The summed E-state index contributed by atoms with van der Waals surface area (Å²) in [6.45, 7) is 8.23. The van der Waals surface area contributed by atoms with E-state index in [1.165, 1.54) is 0 Å². The summed E-state index contributed by atoms with van der Waals surface area (Å²) in [5, 5.41) is 3.73. The average Bonchev–Trinajstić information content (AvgIpc) is 2.78. The van der Waals surface area contributed by atoms with Gasteiger partial charge in [0, 0.05) is 55.5 Å². The average molecular weight is 430 g/mol. The first-order chi connectivity index (χ1) is 14.7. The molecule has 0 aromatic heterocycles. The third kappa shape index (κ3) is 5.80. The predicted molar refractivity (Wildman–Crippen MR) is 118 cm³/mol. The lowest BCUT2D eigenvalue weighted by Crippen LogP contribution is -2.35. The molecule has 2 aromatic rings. The van der Waals surface area contributed by atoms with Gasteiger partial charge in [-0.2, -0.15) is 0 Å². The molecule has 2 fully saturated rings. The predicted octanol–water partition coefficient (Wildman–Crippen LogP) is 3.26. The molecule has 2 saturated heterocycles. The zero-order valence-corrected chi connectivity index (χ0v) is 17.9. The van der Waals surface area contributed by atoms with Crippen molar-refractivity contribution in [3.63, 3.8) is 0 Å². The first-order valence-electron chi connectivity index (χ1n) is 10.5. The van der Waals surface area contributed by atoms with E-state index in [-0.39, 0.29) is 5.91 Å². The Morgan fingerprint density at radius 1 is 0.900 bits per heavy atom. The second kappa shape index (κ2) is 10.4. The zero-order valence-electron chi connectivity index (χ0n) is 17.1. The Balaban J connectivity index is 1.40. The van der Waals surface area contributed by atoms with E-state index in [9.17, 15) is 4.79 Å². The highest BCUT2D eigenvalue weighted by molar-refractivity contribution is 6.31. The Kier molecular flexibility index (Phi) is 7.36. The molecular formula is C23H28ClN3O3. The number of hydrogen-bond donors (Lipinski definition) is 1. The molecule has 0 unspecified atom stereocenters. The van der Waals surface area contributed by atoms with Crippen molar-refractivity contribution in [3.05, 3.63) is 64.2 Å². The number of nitrogens with one attached hydrogen (secondary N) is 1. The molecule has 0 bridgehead atoms. The number of carbonyl (C=O) groups excluding carboxylic acids is 1. The minimum atomic E-state index is -0.113. The zero-order chi connectivity index (χ0) is 20.8. The Hall–Kier alpha value is -1.96. The molecule has 30 heavy (non-hydrogen) atoms. The normalized spacial score (nSPS) is 18.3. The van der Waals surface area contributed by atoms with Crippen LogP contribution in [0.25, 0.3) is 0 Å². The van der Waals surface area contributed by atoms with Crippen LogP contribution in [0.4, 0.5) is 5.69 Å². The number of amides is 1. The van der Waals surface area contributed by atoms with Crippen LogP contribution in [0.15, 0.2) is 42.5 Å². The van der Waals surface area contributed by atoms with Gasteiger partial charge < -0.3 is 14.8 Å². The molecule has 4 rings (SSSR count). The number of halogens is 1. The molecular weight excluding hydrogens is 402 g/mol. The fourth-order valence-corrected chi connectivity index (χ4v) is 3.98. The molecule has 2 aromatic carbocycles. The summed E-state index contributed by atoms with van der Waals surface area (Å²) in [5.74, 6) is -0.113. The van der Waals surface area contributed by atoms with Gasteiger partial charge in [0.1, 0.15) is 0 Å². The lowest BCUT2D eigenvalue weighted by molar-refractivity contribution is 0.0341. The number of hydrogen-bond acceptors (Lipinski definition) is 5. The SMILES string of the molecule is O=C(Nc1ccc(Cl)c(CN2CCOCC2)c1)c1cccc(CN2CCOCC2)c1. The maximum atomic E-state index is 12.8. The topological polar surface area (TPSA) is 54.0 Å². The molecule has 2 aliphatic rings. The quantitative estimate of drug-likeness (QED) is 0.763. The van der Waals surface area contributed by atoms with Gasteiger partial charge in [0.2, 0.25) is 0 Å². The van der Waals surface area contributed by atoms with Crippen LogP contribution in [0.2, 0.25) is 5.02 Å². The monoisotopic (exact) mass is 429 g/mol. The molecule has 160 valence electrons. The number of carbonyl (C=O) groups is 1. The van der Waals surface area contributed by atoms with Crippen LogP contribution in [0, 0.1) is 0 Å². The Bertz CT molecular complexity index is 865. The number of benzene rings is 2. The largest absolute Gasteiger partial charge is 0.379 e. The molecule has 2 aliphatic heterocycles. The van der Waals surface area contributed by atoms with Crippen LogP contribution in [-0.4, -0.2) is 68.3 Å². The van der Waals surface area contributed by atoms with E-state index in [4.69, 9.17) is 21.1 Å². The first-order valence-corrected chi connectivity index (χ1v) is 10.8. The standard InChI is InChI=1S/C23H28ClN3O3/c24-22-5-4-21(15-20(22)17-27-8-12-30-13-9-27)25-23(28)19-3-1-2-18(14-19)16-26-6-10-29-11-7-26/h1-5,14-15H,6-13,16-17H2,(H,25,28). The summed E-state index contributed by atoms with van der Waals surface area (Å²) in [5.41, 5.74) is 3.56. The van der Waals surface area contributed by atoms with E-state index in [0.717, 1.165) is 82.5 Å². The van der Waals surface area contributed by atoms with Crippen LogP contribution >= 0.6 is 11.6 Å². The number of morpholine rings is 2. The van der Waals surface area contributed by atoms with Gasteiger partial charge in [-0.3, -0.25) is 14.6 Å². The van der Waals surface area contributed by atoms with Crippen molar-refractivity contribution in [2.45, 2.75) is 13.1 Å². The Labute approximate surface area is 182 Å². The summed E-state index contributed by atoms with van der Waals surface area (Å²) in [4.78, 5) is 17.5. The molecule has 0 aliphatic carbocycles. The van der Waals surface area contributed by atoms with Crippen LogP contribution in [0.5, 0.6) is 0 Å². The van der Waals surface area contributed by atoms with Gasteiger partial charge in [-0.25, -0.2) is 0 Å². The molecule has 0 radical (unpaired) electrons. The lowest BCUT2D eigenvalue weighted by atomic mass is 10.1. The van der Waals surface area contributed by atoms with E-state index in [1.807, 2.05) is 36.4 Å². The fourth-order valence-electron chi connectivity index (χ4n) is 3.81. The summed E-state index contributed by atoms with van der Waals surface area (Å²) < 4.78 is 10.8. The molecule has 0 atom stereocenters. The van der Waals surface area contributed by atoms with Crippen molar-refractivity contribution in [2.75, 3.05) is 57.9 Å². The number of rotatable bonds is 6. The molecule has 1 N–H and O–H groups in total. The second-order valence-corrected chi connectivity index (χ2v) is 8.14. The Morgan fingerprint density at radius 2 is 1.57 bits per heavy atom. The highest BCUT2D eigenvalue weighted by Crippen LogP contribution is 2.23. The fraction of sp³-hybridized carbons (Fsp3) is 0.435. The summed E-state index contributed by atoms with van der Waals surface area (Å²) in [7, 11) is 0. The van der Waals surface area contributed by atoms with Crippen molar-refractivity contribution in [1.82, 2.24) is 9.80 Å². The molecule has 7 heteroatoms. The third-order valence-electron chi connectivity index (χ3n) is 5.50. The van der Waals surface area contributed by atoms with Gasteiger partial charge in [0.25, 0.3) is 5.91 Å². The first kappa shape index (κ1) is 21.3. The van der Waals surface area contributed by atoms with Crippen molar-refractivity contribution < 1.29 is 14.3 Å². The van der Waals surface area contributed by atoms with Gasteiger partial charge >= 0.3 is 0 Å². The number of anilines is 1. The minimum Gasteiger partial charge on any atom is -0.379 e. The van der Waals surface area contributed by atoms with Crippen LogP contribution in [0.1, 0.15) is 21.5 Å². The van der Waals surface area contributed by atoms with Crippen LogP contribution < -0.4 is 5.32 Å². The summed E-state index contributed by atoms with van der Waals surface area (Å²) >= 11 is 6.40. The van der Waals surface area contributed by atoms with Gasteiger partial charge in [0.05, 0.1) is 26.4 Å². The van der Waals surface area contributed by atoms with Crippen molar-refractivity contribution in [2.24, 2.45) is 0 Å². The number of ether oxygens (including phenoxy) is 2. The third-order valence-corrected chi connectivity index (χ3v) is 5.87. The smallest absolute Gasteiger partial charge is 0.255 e. The number of nitrogens with zero attached hydrogens (tertiary/aromatic N) is 2. The van der Waals surface area contributed by atoms with Gasteiger partial charge in [-0.05, 0) is 41.5 Å². The van der Waals surface area contributed by atoms with Gasteiger partial charge in [-0.1, -0.05) is 23.7 Å². The van der Waals surface area contributed by atoms with Crippen molar-refractivity contribution in [3.8, 4) is 0 Å². The molecule has 2 heterocycles. The van der Waals surface area contributed by atoms with Crippen LogP contribution in [0.3, 0.4) is 0 Å². The van der Waals surface area contributed by atoms with Crippen molar-refractivity contribution >= 4 is 23.2 Å². The van der Waals surface area contributed by atoms with Gasteiger partial charge in [-0.15, -0.1) is 0 Å². The van der Waals surface area contributed by atoms with E-state index in [0.29, 0.717) is 10.6 Å². The van der Waals surface area contributed by atoms with E-state index in [2.05, 4.69) is 21.2 Å². The molecule has 0 spiro atoms. The molecule has 6 nitrogen and oxygen atoms in total. The maximum Gasteiger partial charge on any atom is 0.255 e. The van der Waals surface area contributed by atoms with E-state index in [1.54, 1.807) is 0 Å². The molecule has 0 saturated carbocycles. The summed E-state index contributed by atoms with van der Waals surface area (Å²) in [6, 6.07) is 13.5. The van der Waals surface area contributed by atoms with Gasteiger partial charge in [0.15, 0.2) is 0 Å². The lowest BCUT2D eigenvalue weighted by Gasteiger charge is -2.27. The maximum absolute atomic E-state index is 12.8. The molecule has 1 amide bonds. The Morgan fingerprint density at radius 3 is 2.27 bits per heavy atom.